The molecule has 1 aromatic rings. The van der Waals surface area contributed by atoms with Gasteiger partial charge in [-0.3, -0.25) is 4.98 Å². The van der Waals surface area contributed by atoms with E-state index in [1.54, 1.807) is 12.4 Å². The van der Waals surface area contributed by atoms with E-state index in [0.29, 0.717) is 0 Å². The van der Waals surface area contributed by atoms with Gasteiger partial charge >= 0.3 is 0 Å². The van der Waals surface area contributed by atoms with Gasteiger partial charge in [-0.1, -0.05) is 19.9 Å². The van der Waals surface area contributed by atoms with Crippen molar-refractivity contribution in [3.63, 3.8) is 0 Å². The number of hydrogen-bond acceptors (Lipinski definition) is 2. The fourth-order valence-corrected chi connectivity index (χ4v) is 1.98. The van der Waals surface area contributed by atoms with Gasteiger partial charge in [0.2, 0.25) is 0 Å². The summed E-state index contributed by atoms with van der Waals surface area (Å²) >= 11 is 0. The van der Waals surface area contributed by atoms with Gasteiger partial charge in [0.1, 0.15) is 0 Å². The topological polar surface area (TPSA) is 36.7 Å². The lowest BCUT2D eigenvalue weighted by molar-refractivity contribution is 0.569. The number of nitrogens with zero attached hydrogens (tertiary/aromatic N) is 2. The first-order valence-corrected chi connectivity index (χ1v) is 4.44. The molecule has 0 spiro atoms. The average Bonchev–Trinajstić information content (AvgIpc) is 2.72. The minimum absolute atomic E-state index is 0.116. The SMILES string of the molecule is CC1(C)CC1(C#N)c1cccnc1. The van der Waals surface area contributed by atoms with Crippen molar-refractivity contribution in [1.29, 1.82) is 5.26 Å². The van der Waals surface area contributed by atoms with E-state index < -0.39 is 0 Å². The van der Waals surface area contributed by atoms with Gasteiger partial charge in [-0.25, -0.2) is 0 Å². The van der Waals surface area contributed by atoms with Crippen LogP contribution in [-0.4, -0.2) is 4.98 Å². The molecule has 0 saturated heterocycles. The van der Waals surface area contributed by atoms with Crippen molar-refractivity contribution in [3.05, 3.63) is 30.1 Å². The Morgan fingerprint density at radius 3 is 2.62 bits per heavy atom. The number of pyridine rings is 1. The van der Waals surface area contributed by atoms with Crippen LogP contribution in [0.15, 0.2) is 24.5 Å². The second kappa shape index (κ2) is 2.32. The highest BCUT2D eigenvalue weighted by molar-refractivity contribution is 5.42. The molecule has 0 aromatic carbocycles. The van der Waals surface area contributed by atoms with E-state index in [4.69, 9.17) is 5.26 Å². The monoisotopic (exact) mass is 172 g/mol. The zero-order valence-corrected chi connectivity index (χ0v) is 7.91. The predicted molar refractivity (Wildman–Crippen MR) is 49.9 cm³/mol. The van der Waals surface area contributed by atoms with Crippen LogP contribution < -0.4 is 0 Å². The van der Waals surface area contributed by atoms with Gasteiger partial charge in [-0.2, -0.15) is 5.26 Å². The van der Waals surface area contributed by atoms with E-state index in [2.05, 4.69) is 24.9 Å². The summed E-state index contributed by atoms with van der Waals surface area (Å²) in [5, 5.41) is 9.17. The Morgan fingerprint density at radius 1 is 1.54 bits per heavy atom. The van der Waals surface area contributed by atoms with E-state index in [1.807, 2.05) is 12.1 Å². The lowest BCUT2D eigenvalue weighted by Crippen LogP contribution is -2.11. The number of aromatic nitrogens is 1. The minimum atomic E-state index is -0.277. The molecule has 0 N–H and O–H groups in total. The molecule has 1 fully saturated rings. The van der Waals surface area contributed by atoms with Crippen LogP contribution in [0.4, 0.5) is 0 Å². The number of rotatable bonds is 1. The van der Waals surface area contributed by atoms with Crippen molar-refractivity contribution < 1.29 is 0 Å². The largest absolute Gasteiger partial charge is 0.264 e. The molecule has 1 aliphatic carbocycles. The van der Waals surface area contributed by atoms with Crippen molar-refractivity contribution >= 4 is 0 Å². The molecule has 1 unspecified atom stereocenters. The van der Waals surface area contributed by atoms with Crippen molar-refractivity contribution in [3.8, 4) is 6.07 Å². The third kappa shape index (κ3) is 0.968. The maximum atomic E-state index is 9.17. The van der Waals surface area contributed by atoms with Crippen LogP contribution in [-0.2, 0) is 5.41 Å². The molecular weight excluding hydrogens is 160 g/mol. The van der Waals surface area contributed by atoms with Crippen LogP contribution in [0.1, 0.15) is 25.8 Å². The molecule has 0 aliphatic heterocycles. The first kappa shape index (κ1) is 8.25. The van der Waals surface area contributed by atoms with E-state index in [1.165, 1.54) is 0 Å². The van der Waals surface area contributed by atoms with Crippen LogP contribution in [0.25, 0.3) is 0 Å². The van der Waals surface area contributed by atoms with E-state index >= 15 is 0 Å². The van der Waals surface area contributed by atoms with E-state index in [-0.39, 0.29) is 10.8 Å². The highest BCUT2D eigenvalue weighted by atomic mass is 14.7. The van der Waals surface area contributed by atoms with Gasteiger partial charge in [-0.05, 0) is 23.5 Å². The minimum Gasteiger partial charge on any atom is -0.264 e. The third-order valence-corrected chi connectivity index (χ3v) is 3.08. The fraction of sp³-hybridized carbons (Fsp3) is 0.455. The Hall–Kier alpha value is -1.36. The third-order valence-electron chi connectivity index (χ3n) is 3.08. The quantitative estimate of drug-likeness (QED) is 0.651. The number of nitriles is 1. The molecular formula is C11H12N2. The maximum absolute atomic E-state index is 9.17. The molecule has 0 radical (unpaired) electrons. The summed E-state index contributed by atoms with van der Waals surface area (Å²) in [4.78, 5) is 4.05. The van der Waals surface area contributed by atoms with Gasteiger partial charge in [0.15, 0.2) is 0 Å². The van der Waals surface area contributed by atoms with Gasteiger partial charge < -0.3 is 0 Å². The molecule has 1 saturated carbocycles. The second-order valence-corrected chi connectivity index (χ2v) is 4.32. The first-order chi connectivity index (χ1) is 6.12. The second-order valence-electron chi connectivity index (χ2n) is 4.32. The van der Waals surface area contributed by atoms with Crippen LogP contribution in [0, 0.1) is 16.7 Å². The Bertz CT molecular complexity index is 361. The van der Waals surface area contributed by atoms with Gasteiger partial charge in [0, 0.05) is 12.4 Å². The zero-order valence-electron chi connectivity index (χ0n) is 7.91. The summed E-state index contributed by atoms with van der Waals surface area (Å²) in [7, 11) is 0. The van der Waals surface area contributed by atoms with Crippen molar-refractivity contribution in [1.82, 2.24) is 4.98 Å². The van der Waals surface area contributed by atoms with Crippen LogP contribution in [0.5, 0.6) is 0 Å². The summed E-state index contributed by atoms with van der Waals surface area (Å²) in [5.74, 6) is 0. The molecule has 0 amide bonds. The van der Waals surface area contributed by atoms with Gasteiger partial charge in [0.05, 0.1) is 11.5 Å². The Labute approximate surface area is 78.2 Å². The Kier molecular flexibility index (Phi) is 1.47. The molecule has 66 valence electrons. The summed E-state index contributed by atoms with van der Waals surface area (Å²) in [6, 6.07) is 6.30. The highest BCUT2D eigenvalue weighted by Crippen LogP contribution is 2.63. The average molecular weight is 172 g/mol. The van der Waals surface area contributed by atoms with Crippen LogP contribution in [0.3, 0.4) is 0 Å². The van der Waals surface area contributed by atoms with E-state index in [9.17, 15) is 0 Å². The van der Waals surface area contributed by atoms with Crippen molar-refractivity contribution in [2.45, 2.75) is 25.7 Å². The summed E-state index contributed by atoms with van der Waals surface area (Å²) in [5.41, 5.74) is 0.897. The first-order valence-electron chi connectivity index (χ1n) is 4.44. The fourth-order valence-electron chi connectivity index (χ4n) is 1.98. The molecule has 2 rings (SSSR count). The lowest BCUT2D eigenvalue weighted by Gasteiger charge is -2.11. The van der Waals surface area contributed by atoms with Crippen LogP contribution in [0.2, 0.25) is 0 Å². The maximum Gasteiger partial charge on any atom is 0.0894 e. The van der Waals surface area contributed by atoms with Crippen molar-refractivity contribution in [2.75, 3.05) is 0 Å². The molecule has 13 heavy (non-hydrogen) atoms. The lowest BCUT2D eigenvalue weighted by atomic mass is 9.91. The molecule has 1 atom stereocenters. The van der Waals surface area contributed by atoms with Gasteiger partial charge in [-0.15, -0.1) is 0 Å². The molecule has 2 nitrogen and oxygen atoms in total. The Morgan fingerprint density at radius 2 is 2.23 bits per heavy atom. The molecule has 2 heteroatoms. The van der Waals surface area contributed by atoms with E-state index in [0.717, 1.165) is 12.0 Å². The summed E-state index contributed by atoms with van der Waals surface area (Å²) in [6.07, 6.45) is 4.49. The van der Waals surface area contributed by atoms with Gasteiger partial charge in [0.25, 0.3) is 0 Å². The van der Waals surface area contributed by atoms with Crippen LogP contribution >= 0.6 is 0 Å². The molecule has 1 heterocycles. The predicted octanol–water partition coefficient (Wildman–Crippen LogP) is 2.27. The standard InChI is InChI=1S/C11H12N2/c1-10(2)7-11(10,8-12)9-4-3-5-13-6-9/h3-6H,7H2,1-2H3. The molecule has 1 aliphatic rings. The highest BCUT2D eigenvalue weighted by Gasteiger charge is 2.63. The Balaban J connectivity index is 2.44. The van der Waals surface area contributed by atoms with Crippen molar-refractivity contribution in [2.24, 2.45) is 5.41 Å². The summed E-state index contributed by atoms with van der Waals surface area (Å²) in [6.45, 7) is 4.26. The molecule has 1 aromatic heterocycles. The smallest absolute Gasteiger partial charge is 0.0894 e. The molecule has 0 bridgehead atoms. The number of hydrogen-bond donors (Lipinski definition) is 0. The summed E-state index contributed by atoms with van der Waals surface area (Å²) < 4.78 is 0. The zero-order chi connectivity index (χ0) is 9.53. The normalized spacial score (nSPS) is 29.3.